The summed E-state index contributed by atoms with van der Waals surface area (Å²) < 4.78 is 35.8. The van der Waals surface area contributed by atoms with E-state index in [1.807, 2.05) is 27.7 Å². The summed E-state index contributed by atoms with van der Waals surface area (Å²) in [6.45, 7) is 9.22. The van der Waals surface area contributed by atoms with Crippen LogP contribution in [-0.2, 0) is 14.6 Å². The second-order valence-corrected chi connectivity index (χ2v) is 10.0. The molecule has 0 bridgehead atoms. The molecule has 0 N–H and O–H groups in total. The molecule has 1 amide bonds. The van der Waals surface area contributed by atoms with E-state index in [-0.39, 0.29) is 11.8 Å². The number of amides is 1. The lowest BCUT2D eigenvalue weighted by Gasteiger charge is -2.33. The SMILES string of the molecule is CCOc1ccc(S(=O)(=O)CCC2CCN(C(=O)OC(C)(C)C)CC2)cc1. The van der Waals surface area contributed by atoms with Crippen molar-refractivity contribution in [2.75, 3.05) is 25.4 Å². The highest BCUT2D eigenvalue weighted by Gasteiger charge is 2.27. The van der Waals surface area contributed by atoms with Gasteiger partial charge in [0.1, 0.15) is 11.4 Å². The van der Waals surface area contributed by atoms with E-state index < -0.39 is 15.4 Å². The van der Waals surface area contributed by atoms with Crippen molar-refractivity contribution in [3.63, 3.8) is 0 Å². The topological polar surface area (TPSA) is 72.9 Å². The molecule has 0 unspecified atom stereocenters. The van der Waals surface area contributed by atoms with Gasteiger partial charge in [-0.25, -0.2) is 13.2 Å². The number of benzene rings is 1. The third kappa shape index (κ3) is 6.72. The van der Waals surface area contributed by atoms with Crippen LogP contribution in [0.2, 0.25) is 0 Å². The summed E-state index contributed by atoms with van der Waals surface area (Å²) in [6.07, 6.45) is 1.93. The molecule has 1 heterocycles. The number of sulfone groups is 1. The summed E-state index contributed by atoms with van der Waals surface area (Å²) in [5, 5.41) is 0. The number of hydrogen-bond acceptors (Lipinski definition) is 5. The van der Waals surface area contributed by atoms with Gasteiger partial charge in [0.05, 0.1) is 17.3 Å². The first-order chi connectivity index (χ1) is 12.6. The molecule has 1 fully saturated rings. The van der Waals surface area contributed by atoms with Gasteiger partial charge in [0, 0.05) is 13.1 Å². The first-order valence-electron chi connectivity index (χ1n) is 9.54. The van der Waals surface area contributed by atoms with Gasteiger partial charge >= 0.3 is 6.09 Å². The second-order valence-electron chi connectivity index (χ2n) is 7.92. The van der Waals surface area contributed by atoms with Crippen molar-refractivity contribution in [1.29, 1.82) is 0 Å². The fraction of sp³-hybridized carbons (Fsp3) is 0.650. The van der Waals surface area contributed by atoms with Crippen LogP contribution in [0.5, 0.6) is 5.75 Å². The first-order valence-corrected chi connectivity index (χ1v) is 11.2. The zero-order valence-electron chi connectivity index (χ0n) is 16.7. The molecule has 1 aliphatic rings. The molecule has 1 aromatic carbocycles. The summed E-state index contributed by atoms with van der Waals surface area (Å²) >= 11 is 0. The Morgan fingerprint density at radius 2 is 1.74 bits per heavy atom. The van der Waals surface area contributed by atoms with Crippen LogP contribution >= 0.6 is 0 Å². The smallest absolute Gasteiger partial charge is 0.410 e. The number of piperidine rings is 1. The van der Waals surface area contributed by atoms with Crippen molar-refractivity contribution >= 4 is 15.9 Å². The van der Waals surface area contributed by atoms with Crippen LogP contribution in [0.3, 0.4) is 0 Å². The van der Waals surface area contributed by atoms with Gasteiger partial charge in [0.25, 0.3) is 0 Å². The van der Waals surface area contributed by atoms with Crippen LogP contribution in [-0.4, -0.2) is 50.5 Å². The van der Waals surface area contributed by atoms with E-state index in [4.69, 9.17) is 9.47 Å². The lowest BCUT2D eigenvalue weighted by atomic mass is 9.95. The third-order valence-corrected chi connectivity index (χ3v) is 6.32. The number of hydrogen-bond donors (Lipinski definition) is 0. The van der Waals surface area contributed by atoms with E-state index >= 15 is 0 Å². The summed E-state index contributed by atoms with van der Waals surface area (Å²) in [5.41, 5.74) is -0.500. The van der Waals surface area contributed by atoms with Gasteiger partial charge in [-0.05, 0) is 77.1 Å². The van der Waals surface area contributed by atoms with E-state index in [2.05, 4.69) is 0 Å². The Labute approximate surface area is 162 Å². The largest absolute Gasteiger partial charge is 0.494 e. The molecule has 0 radical (unpaired) electrons. The van der Waals surface area contributed by atoms with Crippen LogP contribution in [0, 0.1) is 5.92 Å². The Balaban J connectivity index is 1.82. The average molecular weight is 398 g/mol. The van der Waals surface area contributed by atoms with E-state index in [1.54, 1.807) is 29.2 Å². The number of ether oxygens (including phenoxy) is 2. The molecule has 0 atom stereocenters. The predicted octanol–water partition coefficient (Wildman–Crippen LogP) is 3.90. The Morgan fingerprint density at radius 3 is 2.26 bits per heavy atom. The number of carbonyl (C=O) groups excluding carboxylic acids is 1. The molecule has 27 heavy (non-hydrogen) atoms. The molecule has 2 rings (SSSR count). The summed E-state index contributed by atoms with van der Waals surface area (Å²) in [7, 11) is -3.31. The quantitative estimate of drug-likeness (QED) is 0.728. The van der Waals surface area contributed by atoms with E-state index in [1.165, 1.54) is 0 Å². The minimum atomic E-state index is -3.31. The highest BCUT2D eigenvalue weighted by molar-refractivity contribution is 7.91. The standard InChI is InChI=1S/C20H31NO5S/c1-5-25-17-6-8-18(9-7-17)27(23,24)15-12-16-10-13-21(14-11-16)19(22)26-20(2,3)4/h6-9,16H,5,10-15H2,1-4H3. The maximum atomic E-state index is 12.5. The minimum absolute atomic E-state index is 0.123. The molecule has 1 aromatic rings. The molecule has 1 aliphatic heterocycles. The summed E-state index contributed by atoms with van der Waals surface area (Å²) in [6, 6.07) is 6.59. The first kappa shape index (κ1) is 21.5. The highest BCUT2D eigenvalue weighted by atomic mass is 32.2. The van der Waals surface area contributed by atoms with Crippen LogP contribution in [0.1, 0.15) is 47.0 Å². The molecule has 7 heteroatoms. The zero-order valence-corrected chi connectivity index (χ0v) is 17.5. The minimum Gasteiger partial charge on any atom is -0.494 e. The second kappa shape index (κ2) is 8.95. The molecular weight excluding hydrogens is 366 g/mol. The van der Waals surface area contributed by atoms with Crippen molar-refractivity contribution in [3.8, 4) is 5.75 Å². The third-order valence-electron chi connectivity index (χ3n) is 4.55. The molecule has 6 nitrogen and oxygen atoms in total. The van der Waals surface area contributed by atoms with Crippen molar-refractivity contribution in [3.05, 3.63) is 24.3 Å². The molecule has 1 saturated heterocycles. The van der Waals surface area contributed by atoms with Gasteiger partial charge in [-0.1, -0.05) is 0 Å². The van der Waals surface area contributed by atoms with Crippen LogP contribution in [0.25, 0.3) is 0 Å². The van der Waals surface area contributed by atoms with Crippen LogP contribution < -0.4 is 4.74 Å². The maximum Gasteiger partial charge on any atom is 0.410 e. The number of likely N-dealkylation sites (tertiary alicyclic amines) is 1. The molecule has 0 aromatic heterocycles. The predicted molar refractivity (Wildman–Crippen MR) is 105 cm³/mol. The van der Waals surface area contributed by atoms with Crippen molar-refractivity contribution in [2.45, 2.75) is 57.5 Å². The van der Waals surface area contributed by atoms with E-state index in [0.717, 1.165) is 12.8 Å². The van der Waals surface area contributed by atoms with Crippen LogP contribution in [0.4, 0.5) is 4.79 Å². The lowest BCUT2D eigenvalue weighted by Crippen LogP contribution is -2.41. The summed E-state index contributed by atoms with van der Waals surface area (Å²) in [5.74, 6) is 1.10. The molecule has 152 valence electrons. The Morgan fingerprint density at radius 1 is 1.15 bits per heavy atom. The van der Waals surface area contributed by atoms with Gasteiger partial charge < -0.3 is 14.4 Å². The monoisotopic (exact) mass is 397 g/mol. The lowest BCUT2D eigenvalue weighted by molar-refractivity contribution is 0.0183. The Bertz CT molecular complexity index is 714. The normalized spacial score (nSPS) is 16.2. The van der Waals surface area contributed by atoms with Gasteiger partial charge in [0.15, 0.2) is 9.84 Å². The Hall–Kier alpha value is -1.76. The van der Waals surface area contributed by atoms with E-state index in [0.29, 0.717) is 42.7 Å². The van der Waals surface area contributed by atoms with Gasteiger partial charge in [-0.15, -0.1) is 0 Å². The van der Waals surface area contributed by atoms with Crippen molar-refractivity contribution in [1.82, 2.24) is 4.90 Å². The van der Waals surface area contributed by atoms with E-state index in [9.17, 15) is 13.2 Å². The molecule has 0 aliphatic carbocycles. The van der Waals surface area contributed by atoms with Gasteiger partial charge in [-0.3, -0.25) is 0 Å². The van der Waals surface area contributed by atoms with Crippen molar-refractivity contribution in [2.24, 2.45) is 5.92 Å². The molecule has 0 saturated carbocycles. The molecular formula is C20H31NO5S. The molecule has 0 spiro atoms. The fourth-order valence-electron chi connectivity index (χ4n) is 3.08. The van der Waals surface area contributed by atoms with Crippen LogP contribution in [0.15, 0.2) is 29.2 Å². The maximum absolute atomic E-state index is 12.5. The van der Waals surface area contributed by atoms with Gasteiger partial charge in [-0.2, -0.15) is 0 Å². The van der Waals surface area contributed by atoms with Crippen molar-refractivity contribution < 1.29 is 22.7 Å². The van der Waals surface area contributed by atoms with Gasteiger partial charge in [0.2, 0.25) is 0 Å². The summed E-state index contributed by atoms with van der Waals surface area (Å²) in [4.78, 5) is 14.1. The average Bonchev–Trinajstić information content (AvgIpc) is 2.60. The zero-order chi connectivity index (χ0) is 20.1. The highest BCUT2D eigenvalue weighted by Crippen LogP contribution is 2.25. The Kier molecular flexibility index (Phi) is 7.14. The fourth-order valence-corrected chi connectivity index (χ4v) is 4.51. The number of rotatable bonds is 6. The number of nitrogens with zero attached hydrogens (tertiary/aromatic N) is 1. The number of carbonyl (C=O) groups is 1.